The first-order valence-corrected chi connectivity index (χ1v) is 1.58. The van der Waals surface area contributed by atoms with Crippen molar-refractivity contribution in [2.45, 2.75) is 0 Å². The molecule has 0 unspecified atom stereocenters. The number of alkyl halides is 1. The second kappa shape index (κ2) is 5.36. The quantitative estimate of drug-likeness (QED) is 0.363. The number of carboxylic acids is 1. The first-order valence-electron chi connectivity index (χ1n) is 1.05. The summed E-state index contributed by atoms with van der Waals surface area (Å²) < 4.78 is 0. The van der Waals surface area contributed by atoms with E-state index in [4.69, 9.17) is 16.7 Å². The van der Waals surface area contributed by atoms with Gasteiger partial charge in [0.1, 0.15) is 5.88 Å². The SMILES string of the molecule is O=C(O)CCl.[LiH]. The topological polar surface area (TPSA) is 37.3 Å². The fourth-order valence-electron chi connectivity index (χ4n) is 0. The van der Waals surface area contributed by atoms with E-state index in [1.54, 1.807) is 0 Å². The normalized spacial score (nSPS) is 6.17. The summed E-state index contributed by atoms with van der Waals surface area (Å²) in [6.45, 7) is 0. The van der Waals surface area contributed by atoms with Crippen molar-refractivity contribution in [1.29, 1.82) is 0 Å². The molecule has 0 atom stereocenters. The number of hydrogen-bond acceptors (Lipinski definition) is 1. The van der Waals surface area contributed by atoms with E-state index in [1.165, 1.54) is 0 Å². The molecule has 0 aromatic heterocycles. The van der Waals surface area contributed by atoms with Gasteiger partial charge in [0.25, 0.3) is 0 Å². The molecule has 0 saturated carbocycles. The molecular weight excluding hydrogens is 98.4 g/mol. The molecule has 0 fully saturated rings. The second-order valence-electron chi connectivity index (χ2n) is 0.527. The third-order valence-electron chi connectivity index (χ3n) is 0.114. The molecule has 0 saturated heterocycles. The molecule has 0 aliphatic rings. The van der Waals surface area contributed by atoms with Crippen LogP contribution in [-0.2, 0) is 4.79 Å². The minimum absolute atomic E-state index is 0. The Bertz CT molecular complexity index is 46.8. The van der Waals surface area contributed by atoms with E-state index >= 15 is 0 Å². The Morgan fingerprint density at radius 2 is 2.00 bits per heavy atom. The molecule has 2 nitrogen and oxygen atoms in total. The van der Waals surface area contributed by atoms with Gasteiger partial charge in [-0.15, -0.1) is 11.6 Å². The van der Waals surface area contributed by atoms with Gasteiger partial charge in [-0.2, -0.15) is 0 Å². The molecule has 0 spiro atoms. The Morgan fingerprint density at radius 1 is 1.83 bits per heavy atom. The van der Waals surface area contributed by atoms with Crippen LogP contribution in [0.5, 0.6) is 0 Å². The summed E-state index contributed by atoms with van der Waals surface area (Å²) in [5.41, 5.74) is 0. The Hall–Kier alpha value is 0.357. The van der Waals surface area contributed by atoms with Crippen LogP contribution in [0.25, 0.3) is 0 Å². The molecule has 4 heteroatoms. The fourth-order valence-corrected chi connectivity index (χ4v) is 0. The van der Waals surface area contributed by atoms with Gasteiger partial charge in [0, 0.05) is 0 Å². The zero-order chi connectivity index (χ0) is 4.28. The molecule has 0 amide bonds. The van der Waals surface area contributed by atoms with E-state index in [-0.39, 0.29) is 24.7 Å². The van der Waals surface area contributed by atoms with E-state index in [9.17, 15) is 4.79 Å². The predicted octanol–water partition coefficient (Wildman–Crippen LogP) is -0.339. The van der Waals surface area contributed by atoms with Gasteiger partial charge in [-0.3, -0.25) is 4.79 Å². The van der Waals surface area contributed by atoms with Gasteiger partial charge in [0.2, 0.25) is 0 Å². The van der Waals surface area contributed by atoms with Crippen LogP contribution in [0.1, 0.15) is 0 Å². The molecule has 0 aliphatic heterocycles. The van der Waals surface area contributed by atoms with Crippen molar-refractivity contribution in [2.24, 2.45) is 0 Å². The zero-order valence-corrected chi connectivity index (χ0v) is 3.20. The maximum absolute atomic E-state index is 9.24. The summed E-state index contributed by atoms with van der Waals surface area (Å²) in [6, 6.07) is 0. The van der Waals surface area contributed by atoms with Gasteiger partial charge in [-0.05, 0) is 0 Å². The van der Waals surface area contributed by atoms with Gasteiger partial charge in [0.05, 0.1) is 0 Å². The van der Waals surface area contributed by atoms with Gasteiger partial charge in [0.15, 0.2) is 0 Å². The summed E-state index contributed by atoms with van der Waals surface area (Å²) in [4.78, 5) is 9.24. The number of carboxylic acid groups (broad SMARTS) is 1. The van der Waals surface area contributed by atoms with Crippen molar-refractivity contribution >= 4 is 36.4 Å². The molecule has 0 aromatic carbocycles. The van der Waals surface area contributed by atoms with Gasteiger partial charge in [-0.25, -0.2) is 0 Å². The van der Waals surface area contributed by atoms with Crippen molar-refractivity contribution in [3.8, 4) is 0 Å². The van der Waals surface area contributed by atoms with Crippen molar-refractivity contribution in [2.75, 3.05) is 5.88 Å². The van der Waals surface area contributed by atoms with Gasteiger partial charge < -0.3 is 5.11 Å². The molecule has 6 heavy (non-hydrogen) atoms. The van der Waals surface area contributed by atoms with Crippen LogP contribution in [0.4, 0.5) is 0 Å². The van der Waals surface area contributed by atoms with Crippen molar-refractivity contribution in [3.05, 3.63) is 0 Å². The molecule has 0 rings (SSSR count). The molecule has 0 aliphatic carbocycles. The van der Waals surface area contributed by atoms with E-state index < -0.39 is 5.97 Å². The van der Waals surface area contributed by atoms with Crippen molar-refractivity contribution < 1.29 is 9.90 Å². The van der Waals surface area contributed by atoms with Crippen LogP contribution in [0.2, 0.25) is 0 Å². The summed E-state index contributed by atoms with van der Waals surface area (Å²) in [7, 11) is 0. The Kier molecular flexibility index (Phi) is 8.58. The first kappa shape index (κ1) is 9.61. The minimum atomic E-state index is -0.980. The summed E-state index contributed by atoms with van der Waals surface area (Å²) in [6.07, 6.45) is 0. The molecular formula is C2H4ClLiO2. The van der Waals surface area contributed by atoms with Crippen LogP contribution in [-0.4, -0.2) is 35.8 Å². The summed E-state index contributed by atoms with van der Waals surface area (Å²) in [5, 5.41) is 7.59. The third kappa shape index (κ3) is 8.84. The number of halogens is 1. The average Bonchev–Trinajstić information content (AvgIpc) is 1.38. The molecule has 0 radical (unpaired) electrons. The van der Waals surface area contributed by atoms with E-state index in [0.717, 1.165) is 0 Å². The maximum atomic E-state index is 9.24. The van der Waals surface area contributed by atoms with Crippen LogP contribution in [0, 0.1) is 0 Å². The van der Waals surface area contributed by atoms with Gasteiger partial charge >= 0.3 is 24.8 Å². The van der Waals surface area contributed by atoms with Crippen LogP contribution < -0.4 is 0 Å². The number of carbonyl (C=O) groups is 1. The van der Waals surface area contributed by atoms with Crippen LogP contribution in [0.3, 0.4) is 0 Å². The van der Waals surface area contributed by atoms with E-state index in [0.29, 0.717) is 0 Å². The van der Waals surface area contributed by atoms with Crippen molar-refractivity contribution in [1.82, 2.24) is 0 Å². The second-order valence-corrected chi connectivity index (χ2v) is 0.795. The predicted molar refractivity (Wildman–Crippen MR) is 25.5 cm³/mol. The zero-order valence-electron chi connectivity index (χ0n) is 2.44. The molecule has 32 valence electrons. The molecule has 0 heterocycles. The summed E-state index contributed by atoms with van der Waals surface area (Å²) in [5.74, 6) is -1.29. The molecule has 0 bridgehead atoms. The van der Waals surface area contributed by atoms with Gasteiger partial charge in [-0.1, -0.05) is 0 Å². The number of aliphatic carboxylic acids is 1. The molecule has 1 N–H and O–H groups in total. The average molecular weight is 102 g/mol. The molecule has 0 aromatic rings. The third-order valence-corrected chi connectivity index (χ3v) is 0.343. The Balaban J connectivity index is 0. The monoisotopic (exact) mass is 102 g/mol. The fraction of sp³-hybridized carbons (Fsp3) is 0.500. The van der Waals surface area contributed by atoms with Crippen LogP contribution >= 0.6 is 11.6 Å². The van der Waals surface area contributed by atoms with E-state index in [2.05, 4.69) is 0 Å². The first-order chi connectivity index (χ1) is 2.27. The Labute approximate surface area is 52.7 Å². The summed E-state index contributed by atoms with van der Waals surface area (Å²) >= 11 is 4.74. The van der Waals surface area contributed by atoms with E-state index in [1.807, 2.05) is 0 Å². The van der Waals surface area contributed by atoms with Crippen LogP contribution in [0.15, 0.2) is 0 Å². The number of hydrogen-bond donors (Lipinski definition) is 1. The number of rotatable bonds is 1. The standard InChI is InChI=1S/C2H3ClO2.Li.H/c3-1-2(4)5;;/h1H2,(H,4,5);;. The van der Waals surface area contributed by atoms with Crippen molar-refractivity contribution in [3.63, 3.8) is 0 Å². The Morgan fingerprint density at radius 3 is 2.00 bits per heavy atom.